The minimum atomic E-state index is 0. The first-order valence-electron chi connectivity index (χ1n) is 9.05. The molecule has 0 atom stereocenters. The lowest BCUT2D eigenvalue weighted by atomic mass is 10.1. The van der Waals surface area contributed by atoms with Crippen LogP contribution in [-0.2, 0) is 13.2 Å². The third kappa shape index (κ3) is 8.77. The largest absolute Gasteiger partial charge is 0.489 e. The molecule has 0 saturated heterocycles. The summed E-state index contributed by atoms with van der Waals surface area (Å²) < 4.78 is 7.10. The molecule has 0 aromatic heterocycles. The van der Waals surface area contributed by atoms with Gasteiger partial charge in [-0.3, -0.25) is 0 Å². The summed E-state index contributed by atoms with van der Waals surface area (Å²) in [6, 6.07) is 13.9. The fourth-order valence-electron chi connectivity index (χ4n) is 2.65. The molecule has 0 aliphatic rings. The molecule has 5 heteroatoms. The summed E-state index contributed by atoms with van der Waals surface area (Å²) >= 11 is 9.48. The molecule has 0 saturated carbocycles. The molecule has 26 heavy (non-hydrogen) atoms. The Bertz CT molecular complexity index is 634. The first-order valence-corrected chi connectivity index (χ1v) is 10.2. The van der Waals surface area contributed by atoms with Crippen molar-refractivity contribution in [1.29, 1.82) is 0 Å². The summed E-state index contributed by atoms with van der Waals surface area (Å²) in [6.07, 6.45) is 6.51. The monoisotopic (exact) mass is 459 g/mol. The number of hydrogen-bond donors (Lipinski definition) is 1. The van der Waals surface area contributed by atoms with E-state index in [1.165, 1.54) is 37.7 Å². The van der Waals surface area contributed by atoms with Gasteiger partial charge in [0.05, 0.1) is 0 Å². The summed E-state index contributed by atoms with van der Waals surface area (Å²) in [7, 11) is 0. The minimum absolute atomic E-state index is 0. The van der Waals surface area contributed by atoms with E-state index in [1.54, 1.807) is 0 Å². The number of rotatable bonds is 11. The molecule has 0 unspecified atom stereocenters. The maximum Gasteiger partial charge on any atom is 0.124 e. The van der Waals surface area contributed by atoms with Gasteiger partial charge in [-0.15, -0.1) is 12.4 Å². The van der Waals surface area contributed by atoms with Gasteiger partial charge in [-0.25, -0.2) is 0 Å². The standard InChI is InChI=1S/C21H27BrClNO.ClH/c1-2-3-4-5-6-13-24-15-18-14-19(22)9-12-21(18)25-16-17-7-10-20(23)11-8-17;/h7-12,14,24H,2-6,13,15-16H2,1H3;1H. The molecule has 144 valence electrons. The Hall–Kier alpha value is -0.740. The lowest BCUT2D eigenvalue weighted by molar-refractivity contribution is 0.302. The zero-order valence-corrected chi connectivity index (χ0v) is 18.4. The average molecular weight is 461 g/mol. The number of halogens is 3. The predicted molar refractivity (Wildman–Crippen MR) is 118 cm³/mol. The third-order valence-electron chi connectivity index (χ3n) is 4.10. The minimum Gasteiger partial charge on any atom is -0.489 e. The Kier molecular flexibility index (Phi) is 12.0. The average Bonchev–Trinajstić information content (AvgIpc) is 2.61. The lowest BCUT2D eigenvalue weighted by Crippen LogP contribution is -2.15. The third-order valence-corrected chi connectivity index (χ3v) is 4.85. The van der Waals surface area contributed by atoms with E-state index < -0.39 is 0 Å². The van der Waals surface area contributed by atoms with Gasteiger partial charge >= 0.3 is 0 Å². The zero-order valence-electron chi connectivity index (χ0n) is 15.3. The highest BCUT2D eigenvalue weighted by atomic mass is 79.9. The summed E-state index contributed by atoms with van der Waals surface area (Å²) in [5.41, 5.74) is 2.29. The summed E-state index contributed by atoms with van der Waals surface area (Å²) in [5.74, 6) is 0.927. The van der Waals surface area contributed by atoms with Crippen LogP contribution in [-0.4, -0.2) is 6.54 Å². The van der Waals surface area contributed by atoms with Gasteiger partial charge in [0.1, 0.15) is 12.4 Å². The Morgan fingerprint density at radius 2 is 1.73 bits per heavy atom. The van der Waals surface area contributed by atoms with Crippen molar-refractivity contribution in [3.63, 3.8) is 0 Å². The molecule has 0 aliphatic carbocycles. The summed E-state index contributed by atoms with van der Waals surface area (Å²) in [6.45, 7) is 4.66. The maximum atomic E-state index is 6.02. The van der Waals surface area contributed by atoms with Crippen molar-refractivity contribution in [3.8, 4) is 5.75 Å². The van der Waals surface area contributed by atoms with Crippen molar-refractivity contribution in [2.75, 3.05) is 6.54 Å². The second-order valence-electron chi connectivity index (χ2n) is 6.26. The van der Waals surface area contributed by atoms with Crippen LogP contribution in [0.3, 0.4) is 0 Å². The molecule has 1 N–H and O–H groups in total. The lowest BCUT2D eigenvalue weighted by Gasteiger charge is -2.13. The van der Waals surface area contributed by atoms with Gasteiger partial charge < -0.3 is 10.1 Å². The topological polar surface area (TPSA) is 21.3 Å². The van der Waals surface area contributed by atoms with E-state index in [2.05, 4.69) is 34.2 Å². The van der Waals surface area contributed by atoms with Crippen LogP contribution in [0.25, 0.3) is 0 Å². The highest BCUT2D eigenvalue weighted by Gasteiger charge is 2.05. The van der Waals surface area contributed by atoms with Gasteiger partial charge in [0.25, 0.3) is 0 Å². The normalized spacial score (nSPS) is 10.4. The number of ether oxygens (including phenoxy) is 1. The van der Waals surface area contributed by atoms with Gasteiger partial charge in [-0.2, -0.15) is 0 Å². The molecule has 0 amide bonds. The number of hydrogen-bond acceptors (Lipinski definition) is 2. The van der Waals surface area contributed by atoms with Crippen LogP contribution in [0.1, 0.15) is 50.2 Å². The van der Waals surface area contributed by atoms with Crippen LogP contribution in [0.4, 0.5) is 0 Å². The molecule has 2 nitrogen and oxygen atoms in total. The second-order valence-corrected chi connectivity index (χ2v) is 7.61. The first-order chi connectivity index (χ1) is 12.2. The predicted octanol–water partition coefficient (Wildman–Crippen LogP) is 7.16. The summed E-state index contributed by atoms with van der Waals surface area (Å²) in [5, 5.41) is 4.28. The number of benzene rings is 2. The molecular weight excluding hydrogens is 433 g/mol. The fourth-order valence-corrected chi connectivity index (χ4v) is 3.18. The van der Waals surface area contributed by atoms with E-state index in [9.17, 15) is 0 Å². The zero-order chi connectivity index (χ0) is 17.9. The molecule has 0 radical (unpaired) electrons. The van der Waals surface area contributed by atoms with Gasteiger partial charge in [0.15, 0.2) is 0 Å². The van der Waals surface area contributed by atoms with Crippen molar-refractivity contribution in [2.45, 2.75) is 52.2 Å². The van der Waals surface area contributed by atoms with Crippen LogP contribution < -0.4 is 10.1 Å². The van der Waals surface area contributed by atoms with Crippen LogP contribution in [0, 0.1) is 0 Å². The van der Waals surface area contributed by atoms with Crippen LogP contribution in [0.2, 0.25) is 5.02 Å². The van der Waals surface area contributed by atoms with Gasteiger partial charge in [0, 0.05) is 21.6 Å². The van der Waals surface area contributed by atoms with Crippen LogP contribution in [0.5, 0.6) is 5.75 Å². The Balaban J connectivity index is 0.00000338. The van der Waals surface area contributed by atoms with Crippen molar-refractivity contribution >= 4 is 39.9 Å². The van der Waals surface area contributed by atoms with E-state index in [-0.39, 0.29) is 12.4 Å². The molecule has 0 bridgehead atoms. The van der Waals surface area contributed by atoms with Gasteiger partial charge in [-0.05, 0) is 48.9 Å². The highest BCUT2D eigenvalue weighted by molar-refractivity contribution is 9.10. The van der Waals surface area contributed by atoms with Crippen molar-refractivity contribution in [1.82, 2.24) is 5.32 Å². The van der Waals surface area contributed by atoms with Gasteiger partial charge in [0.2, 0.25) is 0 Å². The van der Waals surface area contributed by atoms with E-state index in [0.29, 0.717) is 6.61 Å². The highest BCUT2D eigenvalue weighted by Crippen LogP contribution is 2.24. The molecule has 2 rings (SSSR count). The molecular formula is C21H28BrCl2NO. The Labute approximate surface area is 177 Å². The molecule has 2 aromatic rings. The number of nitrogens with one attached hydrogen (secondary N) is 1. The number of unbranched alkanes of at least 4 members (excludes halogenated alkanes) is 4. The Morgan fingerprint density at radius 3 is 2.46 bits per heavy atom. The van der Waals surface area contributed by atoms with E-state index in [1.807, 2.05) is 36.4 Å². The van der Waals surface area contributed by atoms with Crippen molar-refractivity contribution < 1.29 is 4.74 Å². The van der Waals surface area contributed by atoms with Gasteiger partial charge in [-0.1, -0.05) is 72.3 Å². The van der Waals surface area contributed by atoms with E-state index >= 15 is 0 Å². The van der Waals surface area contributed by atoms with E-state index in [4.69, 9.17) is 16.3 Å². The van der Waals surface area contributed by atoms with Crippen molar-refractivity contribution in [2.24, 2.45) is 0 Å². The molecule has 0 heterocycles. The fraction of sp³-hybridized carbons (Fsp3) is 0.429. The van der Waals surface area contributed by atoms with Crippen LogP contribution in [0.15, 0.2) is 46.9 Å². The quantitative estimate of drug-likeness (QED) is 0.359. The van der Waals surface area contributed by atoms with E-state index in [0.717, 1.165) is 33.9 Å². The van der Waals surface area contributed by atoms with Crippen molar-refractivity contribution in [3.05, 3.63) is 63.1 Å². The maximum absolute atomic E-state index is 6.02. The second kappa shape index (κ2) is 13.4. The summed E-state index contributed by atoms with van der Waals surface area (Å²) in [4.78, 5) is 0. The van der Waals surface area contributed by atoms with Crippen LogP contribution >= 0.6 is 39.9 Å². The Morgan fingerprint density at radius 1 is 1.00 bits per heavy atom. The smallest absolute Gasteiger partial charge is 0.124 e. The molecule has 0 fully saturated rings. The molecule has 2 aromatic carbocycles. The molecule has 0 aliphatic heterocycles. The SMILES string of the molecule is CCCCCCCNCc1cc(Br)ccc1OCc1ccc(Cl)cc1.Cl. The first kappa shape index (κ1) is 23.3. The molecule has 0 spiro atoms.